The zero-order valence-corrected chi connectivity index (χ0v) is 18.0. The summed E-state index contributed by atoms with van der Waals surface area (Å²) in [6, 6.07) is 2.61. The Balaban J connectivity index is 1.71. The van der Waals surface area contributed by atoms with Gasteiger partial charge in [0.25, 0.3) is 5.91 Å². The average Bonchev–Trinajstić information content (AvgIpc) is 3.25. The Labute approximate surface area is 177 Å². The van der Waals surface area contributed by atoms with Crippen molar-refractivity contribution in [1.29, 1.82) is 0 Å². The van der Waals surface area contributed by atoms with E-state index < -0.39 is 17.2 Å². The molecule has 2 saturated carbocycles. The second-order valence-corrected chi connectivity index (χ2v) is 8.97. The van der Waals surface area contributed by atoms with Gasteiger partial charge in [-0.2, -0.15) is 0 Å². The van der Waals surface area contributed by atoms with Crippen LogP contribution < -0.4 is 14.8 Å². The number of carbonyl (C=O) groups excluding carboxylic acids is 1. The van der Waals surface area contributed by atoms with E-state index in [1.54, 1.807) is 6.92 Å². The van der Waals surface area contributed by atoms with Crippen molar-refractivity contribution in [3.8, 4) is 11.5 Å². The Kier molecular flexibility index (Phi) is 6.88. The molecule has 0 bridgehead atoms. The third kappa shape index (κ3) is 4.87. The molecule has 0 aliphatic heterocycles. The van der Waals surface area contributed by atoms with Gasteiger partial charge < -0.3 is 19.9 Å². The molecule has 2 aliphatic rings. The van der Waals surface area contributed by atoms with E-state index in [9.17, 15) is 19.1 Å². The van der Waals surface area contributed by atoms with Crippen LogP contribution in [0.5, 0.6) is 11.5 Å². The highest BCUT2D eigenvalue weighted by atomic mass is 19.1. The van der Waals surface area contributed by atoms with Gasteiger partial charge in [0.1, 0.15) is 5.75 Å². The van der Waals surface area contributed by atoms with Gasteiger partial charge in [-0.25, -0.2) is 4.39 Å². The second-order valence-electron chi connectivity index (χ2n) is 8.97. The molecule has 7 heteroatoms. The molecule has 2 N–H and O–H groups in total. The molecule has 30 heavy (non-hydrogen) atoms. The van der Waals surface area contributed by atoms with Gasteiger partial charge in [-0.05, 0) is 64.4 Å². The Bertz CT molecular complexity index is 782. The number of rotatable bonds is 7. The lowest BCUT2D eigenvalue weighted by Gasteiger charge is -2.34. The molecule has 0 aromatic heterocycles. The third-order valence-electron chi connectivity index (χ3n) is 6.81. The first kappa shape index (κ1) is 22.4. The van der Waals surface area contributed by atoms with Crippen LogP contribution in [0, 0.1) is 17.2 Å². The molecule has 1 amide bonds. The van der Waals surface area contributed by atoms with Gasteiger partial charge in [0.05, 0.1) is 24.2 Å². The van der Waals surface area contributed by atoms with E-state index in [-0.39, 0.29) is 35.1 Å². The van der Waals surface area contributed by atoms with Crippen LogP contribution in [0.4, 0.5) is 4.39 Å². The Morgan fingerprint density at radius 1 is 1.17 bits per heavy atom. The summed E-state index contributed by atoms with van der Waals surface area (Å²) in [6.45, 7) is 3.73. The van der Waals surface area contributed by atoms with Crippen LogP contribution in [0.15, 0.2) is 12.1 Å². The summed E-state index contributed by atoms with van der Waals surface area (Å²) >= 11 is 0. The number of carboxylic acids is 1. The topological polar surface area (TPSA) is 84.9 Å². The Morgan fingerprint density at radius 2 is 1.80 bits per heavy atom. The molecule has 0 radical (unpaired) electrons. The fraction of sp³-hybridized carbons (Fsp3) is 0.652. The second kappa shape index (κ2) is 9.23. The number of methoxy groups -OCH3 is 1. The number of carboxylic acid groups (broad SMARTS) is 1. The molecule has 1 aromatic rings. The van der Waals surface area contributed by atoms with E-state index in [1.807, 2.05) is 6.92 Å². The summed E-state index contributed by atoms with van der Waals surface area (Å²) in [5.74, 6) is -1.10. The van der Waals surface area contributed by atoms with Crippen molar-refractivity contribution in [2.45, 2.75) is 77.4 Å². The van der Waals surface area contributed by atoms with Crippen LogP contribution in [-0.4, -0.2) is 36.2 Å². The average molecular weight is 422 g/mol. The van der Waals surface area contributed by atoms with Gasteiger partial charge in [0, 0.05) is 12.1 Å². The first-order chi connectivity index (χ1) is 14.2. The van der Waals surface area contributed by atoms with Crippen LogP contribution in [0.25, 0.3) is 0 Å². The maximum atomic E-state index is 14.6. The minimum Gasteiger partial charge on any atom is -0.496 e. The molecule has 0 spiro atoms. The summed E-state index contributed by atoms with van der Waals surface area (Å²) in [7, 11) is 1.40. The molecular formula is C23H32FNO5. The number of nitrogens with one attached hydrogen (secondary N) is 1. The SMILES string of the molecule is COc1cc(F)c(O[C@H]2CC[C@@](C)(C(=O)O)CC2)cc1C(=O)NC(C)C1CCCC1. The highest BCUT2D eigenvalue weighted by Crippen LogP contribution is 2.38. The van der Waals surface area contributed by atoms with Crippen LogP contribution in [0.3, 0.4) is 0 Å². The number of amides is 1. The van der Waals surface area contributed by atoms with Crippen molar-refractivity contribution in [3.05, 3.63) is 23.5 Å². The fourth-order valence-electron chi connectivity index (χ4n) is 4.57. The maximum absolute atomic E-state index is 14.6. The third-order valence-corrected chi connectivity index (χ3v) is 6.81. The molecule has 1 aromatic carbocycles. The van der Waals surface area contributed by atoms with Crippen molar-refractivity contribution in [3.63, 3.8) is 0 Å². The molecule has 166 valence electrons. The van der Waals surface area contributed by atoms with E-state index in [2.05, 4.69) is 5.32 Å². The zero-order chi connectivity index (χ0) is 21.9. The number of hydrogen-bond acceptors (Lipinski definition) is 4. The Morgan fingerprint density at radius 3 is 2.37 bits per heavy atom. The number of ether oxygens (including phenoxy) is 2. The zero-order valence-electron chi connectivity index (χ0n) is 18.0. The minimum atomic E-state index is -0.813. The summed E-state index contributed by atoms with van der Waals surface area (Å²) in [5.41, 5.74) is -0.523. The quantitative estimate of drug-likeness (QED) is 0.674. The Hall–Kier alpha value is -2.31. The van der Waals surface area contributed by atoms with Crippen molar-refractivity contribution in [1.82, 2.24) is 5.32 Å². The predicted octanol–water partition coefficient (Wildman–Crippen LogP) is 4.56. The first-order valence-corrected chi connectivity index (χ1v) is 10.8. The smallest absolute Gasteiger partial charge is 0.309 e. The molecule has 1 unspecified atom stereocenters. The first-order valence-electron chi connectivity index (χ1n) is 10.8. The fourth-order valence-corrected chi connectivity index (χ4v) is 4.57. The van der Waals surface area contributed by atoms with Crippen LogP contribution in [0.2, 0.25) is 0 Å². The lowest BCUT2D eigenvalue weighted by Crippen LogP contribution is -2.37. The number of hydrogen-bond donors (Lipinski definition) is 2. The summed E-state index contributed by atoms with van der Waals surface area (Å²) in [4.78, 5) is 24.3. The summed E-state index contributed by atoms with van der Waals surface area (Å²) in [5, 5.41) is 12.4. The van der Waals surface area contributed by atoms with E-state index in [0.717, 1.165) is 12.8 Å². The highest BCUT2D eigenvalue weighted by Gasteiger charge is 2.38. The number of benzene rings is 1. The van der Waals surface area contributed by atoms with Crippen molar-refractivity contribution in [2.24, 2.45) is 11.3 Å². The molecule has 3 rings (SSSR count). The molecule has 0 saturated heterocycles. The normalized spacial score (nSPS) is 25.5. The standard InChI is InChI=1S/C23H32FNO5/c1-14(15-6-4-5-7-15)25-21(26)17-12-20(18(24)13-19(17)29-3)30-16-8-10-23(2,11-9-16)22(27)28/h12-16H,4-11H2,1-3H3,(H,25,26)(H,27,28)/t14?,16-,23+. The van der Waals surface area contributed by atoms with Crippen LogP contribution in [-0.2, 0) is 4.79 Å². The molecule has 2 aliphatic carbocycles. The van der Waals surface area contributed by atoms with Crippen molar-refractivity contribution >= 4 is 11.9 Å². The van der Waals surface area contributed by atoms with Gasteiger partial charge in [0.2, 0.25) is 0 Å². The number of halogens is 1. The van der Waals surface area contributed by atoms with E-state index >= 15 is 0 Å². The van der Waals surface area contributed by atoms with Crippen LogP contribution in [0.1, 0.15) is 75.6 Å². The molecule has 6 nitrogen and oxygen atoms in total. The summed E-state index contributed by atoms with van der Waals surface area (Å²) in [6.07, 6.45) is 6.28. The van der Waals surface area contributed by atoms with E-state index in [4.69, 9.17) is 9.47 Å². The molecule has 1 atom stereocenters. The molecule has 0 heterocycles. The number of carbonyl (C=O) groups is 2. The van der Waals surface area contributed by atoms with Gasteiger partial charge >= 0.3 is 5.97 Å². The molecular weight excluding hydrogens is 389 g/mol. The number of aliphatic carboxylic acids is 1. The van der Waals surface area contributed by atoms with Gasteiger partial charge in [-0.15, -0.1) is 0 Å². The van der Waals surface area contributed by atoms with Gasteiger partial charge in [0.15, 0.2) is 11.6 Å². The maximum Gasteiger partial charge on any atom is 0.309 e. The lowest BCUT2D eigenvalue weighted by molar-refractivity contribution is -0.150. The largest absolute Gasteiger partial charge is 0.496 e. The lowest BCUT2D eigenvalue weighted by atomic mass is 9.75. The molecule has 2 fully saturated rings. The van der Waals surface area contributed by atoms with Gasteiger partial charge in [-0.3, -0.25) is 9.59 Å². The van der Waals surface area contributed by atoms with Gasteiger partial charge in [-0.1, -0.05) is 12.8 Å². The van der Waals surface area contributed by atoms with Crippen molar-refractivity contribution < 1.29 is 28.6 Å². The highest BCUT2D eigenvalue weighted by molar-refractivity contribution is 5.97. The van der Waals surface area contributed by atoms with Crippen LogP contribution >= 0.6 is 0 Å². The minimum absolute atomic E-state index is 0.00148. The predicted molar refractivity (Wildman–Crippen MR) is 110 cm³/mol. The summed E-state index contributed by atoms with van der Waals surface area (Å²) < 4.78 is 25.7. The van der Waals surface area contributed by atoms with Crippen molar-refractivity contribution in [2.75, 3.05) is 7.11 Å². The monoisotopic (exact) mass is 421 g/mol. The van der Waals surface area contributed by atoms with E-state index in [1.165, 1.54) is 32.1 Å². The van der Waals surface area contributed by atoms with E-state index in [0.29, 0.717) is 31.6 Å².